The first-order valence-electron chi connectivity index (χ1n) is 12.0. The molecule has 0 atom stereocenters. The molecule has 0 unspecified atom stereocenters. The predicted molar refractivity (Wildman–Crippen MR) is 145 cm³/mol. The lowest BCUT2D eigenvalue weighted by molar-refractivity contribution is 0.425. The minimum Gasteiger partial charge on any atom is -0.384 e. The van der Waals surface area contributed by atoms with Crippen LogP contribution in [-0.2, 0) is 0 Å². The van der Waals surface area contributed by atoms with Crippen LogP contribution in [0.3, 0.4) is 0 Å². The van der Waals surface area contributed by atoms with Gasteiger partial charge in [0.05, 0.1) is 17.4 Å². The fraction of sp³-hybridized carbons (Fsp3) is 0.143. The summed E-state index contributed by atoms with van der Waals surface area (Å²) in [5.74, 6) is -0.301. The third-order valence-corrected chi connectivity index (χ3v) is 6.31. The van der Waals surface area contributed by atoms with Crippen molar-refractivity contribution in [3.05, 3.63) is 79.3 Å². The van der Waals surface area contributed by atoms with E-state index in [-0.39, 0.29) is 5.82 Å². The summed E-state index contributed by atoms with van der Waals surface area (Å²) in [5, 5.41) is 12.7. The lowest BCUT2D eigenvalue weighted by Crippen LogP contribution is -2.20. The maximum Gasteiger partial charge on any atom is 0.155 e. The zero-order valence-corrected chi connectivity index (χ0v) is 20.5. The molecule has 6 rings (SSSR count). The van der Waals surface area contributed by atoms with Gasteiger partial charge in [-0.05, 0) is 56.1 Å². The van der Waals surface area contributed by atoms with Gasteiger partial charge in [-0.15, -0.1) is 0 Å². The third kappa shape index (κ3) is 4.52. The molecule has 0 amide bonds. The number of nitrogens with zero attached hydrogens (tertiary/aromatic N) is 5. The first-order chi connectivity index (χ1) is 18.0. The van der Waals surface area contributed by atoms with Crippen LogP contribution < -0.4 is 5.32 Å². The second-order valence-electron chi connectivity index (χ2n) is 9.22. The molecule has 3 N–H and O–H groups in total. The van der Waals surface area contributed by atoms with Gasteiger partial charge in [-0.1, -0.05) is 6.07 Å². The number of hydrogen-bond acceptors (Lipinski definition) is 6. The number of hydrogen-bond donors (Lipinski definition) is 3. The molecular formula is C28H25FN8. The Bertz CT molecular complexity index is 1700. The van der Waals surface area contributed by atoms with E-state index in [2.05, 4.69) is 46.4 Å². The van der Waals surface area contributed by atoms with Crippen molar-refractivity contribution >= 4 is 27.6 Å². The molecule has 0 radical (unpaired) electrons. The van der Waals surface area contributed by atoms with E-state index < -0.39 is 0 Å². The Morgan fingerprint density at radius 1 is 0.919 bits per heavy atom. The highest BCUT2D eigenvalue weighted by molar-refractivity contribution is 6.00. The van der Waals surface area contributed by atoms with E-state index in [1.807, 2.05) is 50.8 Å². The van der Waals surface area contributed by atoms with Crippen molar-refractivity contribution in [2.24, 2.45) is 0 Å². The highest BCUT2D eigenvalue weighted by atomic mass is 19.1. The smallest absolute Gasteiger partial charge is 0.155 e. The number of likely N-dealkylation sites (N-methyl/N-ethyl adjacent to an activating group) is 1. The fourth-order valence-corrected chi connectivity index (χ4v) is 4.48. The van der Waals surface area contributed by atoms with E-state index >= 15 is 0 Å². The average molecular weight is 493 g/mol. The summed E-state index contributed by atoms with van der Waals surface area (Å²) in [5.41, 5.74) is 7.36. The van der Waals surface area contributed by atoms with Crippen LogP contribution in [-0.4, -0.2) is 62.2 Å². The molecule has 5 heterocycles. The molecule has 184 valence electrons. The molecule has 0 bridgehead atoms. The Morgan fingerprint density at radius 3 is 2.68 bits per heavy atom. The molecule has 0 aliphatic carbocycles. The summed E-state index contributed by atoms with van der Waals surface area (Å²) in [7, 11) is 4.01. The average Bonchev–Trinajstić information content (AvgIpc) is 3.52. The first-order valence-corrected chi connectivity index (χ1v) is 12.0. The van der Waals surface area contributed by atoms with Gasteiger partial charge in [0.25, 0.3) is 0 Å². The summed E-state index contributed by atoms with van der Waals surface area (Å²) in [6, 6.07) is 13.0. The Kier molecular flexibility index (Phi) is 5.82. The lowest BCUT2D eigenvalue weighted by Gasteiger charge is -2.13. The van der Waals surface area contributed by atoms with Crippen LogP contribution in [0.4, 0.5) is 10.1 Å². The Morgan fingerprint density at radius 2 is 1.84 bits per heavy atom. The van der Waals surface area contributed by atoms with Gasteiger partial charge in [0.15, 0.2) is 5.65 Å². The monoisotopic (exact) mass is 492 g/mol. The number of pyridine rings is 3. The molecule has 8 nitrogen and oxygen atoms in total. The van der Waals surface area contributed by atoms with E-state index in [0.717, 1.165) is 62.2 Å². The van der Waals surface area contributed by atoms with E-state index in [9.17, 15) is 4.39 Å². The Balaban J connectivity index is 1.41. The van der Waals surface area contributed by atoms with Gasteiger partial charge in [-0.2, -0.15) is 5.10 Å². The van der Waals surface area contributed by atoms with Crippen LogP contribution in [0.2, 0.25) is 0 Å². The second-order valence-corrected chi connectivity index (χ2v) is 9.22. The second kappa shape index (κ2) is 9.44. The zero-order valence-electron chi connectivity index (χ0n) is 20.5. The quantitative estimate of drug-likeness (QED) is 0.278. The molecule has 0 saturated heterocycles. The van der Waals surface area contributed by atoms with Crippen molar-refractivity contribution in [1.82, 2.24) is 35.0 Å². The lowest BCUT2D eigenvalue weighted by atomic mass is 10.0. The van der Waals surface area contributed by atoms with Gasteiger partial charge in [-0.25, -0.2) is 9.37 Å². The maximum absolute atomic E-state index is 14.6. The SMILES string of the molecule is CN(C)CCNc1cc(F)cc(-c2cncc3[nH]c(-c4n[nH]c5ncc(-c6cccnc6)cc45)cc23)c1. The van der Waals surface area contributed by atoms with Gasteiger partial charge in [0.2, 0.25) is 0 Å². The minimum absolute atomic E-state index is 0.301. The van der Waals surface area contributed by atoms with E-state index in [1.165, 1.54) is 12.1 Å². The summed E-state index contributed by atoms with van der Waals surface area (Å²) in [6.45, 7) is 1.56. The van der Waals surface area contributed by atoms with E-state index in [0.29, 0.717) is 12.2 Å². The van der Waals surface area contributed by atoms with Crippen LogP contribution in [0.1, 0.15) is 0 Å². The Hall–Kier alpha value is -4.63. The van der Waals surface area contributed by atoms with E-state index in [4.69, 9.17) is 0 Å². The number of rotatable bonds is 7. The van der Waals surface area contributed by atoms with Crippen molar-refractivity contribution in [2.45, 2.75) is 0 Å². The highest BCUT2D eigenvalue weighted by Gasteiger charge is 2.16. The molecule has 0 aliphatic heterocycles. The van der Waals surface area contributed by atoms with Gasteiger partial charge in [-0.3, -0.25) is 15.1 Å². The first kappa shape index (κ1) is 22.8. The van der Waals surface area contributed by atoms with Gasteiger partial charge >= 0.3 is 0 Å². The maximum atomic E-state index is 14.6. The van der Waals surface area contributed by atoms with Gasteiger partial charge < -0.3 is 15.2 Å². The van der Waals surface area contributed by atoms with Crippen LogP contribution >= 0.6 is 0 Å². The topological polar surface area (TPSA) is 98.4 Å². The molecule has 9 heteroatoms. The van der Waals surface area contributed by atoms with Crippen LogP contribution in [0.25, 0.3) is 55.6 Å². The van der Waals surface area contributed by atoms with Crippen molar-refractivity contribution < 1.29 is 4.39 Å². The van der Waals surface area contributed by atoms with Gasteiger partial charge in [0.1, 0.15) is 11.5 Å². The molecule has 6 aromatic rings. The number of benzene rings is 1. The van der Waals surface area contributed by atoms with Crippen molar-refractivity contribution in [2.75, 3.05) is 32.5 Å². The molecule has 5 aromatic heterocycles. The van der Waals surface area contributed by atoms with Crippen LogP contribution in [0.5, 0.6) is 0 Å². The number of halogens is 1. The van der Waals surface area contributed by atoms with Crippen molar-refractivity contribution in [3.8, 4) is 33.6 Å². The number of aromatic nitrogens is 6. The summed E-state index contributed by atoms with van der Waals surface area (Å²) in [4.78, 5) is 18.7. The third-order valence-electron chi connectivity index (χ3n) is 6.31. The normalized spacial score (nSPS) is 11.6. The number of aromatic amines is 2. The minimum atomic E-state index is -0.301. The molecule has 37 heavy (non-hydrogen) atoms. The Labute approximate surface area is 212 Å². The van der Waals surface area contributed by atoms with E-state index in [1.54, 1.807) is 18.6 Å². The highest BCUT2D eigenvalue weighted by Crippen LogP contribution is 2.35. The van der Waals surface area contributed by atoms with Crippen LogP contribution in [0.15, 0.2) is 73.4 Å². The zero-order chi connectivity index (χ0) is 25.4. The predicted octanol–water partition coefficient (Wildman–Crippen LogP) is 5.34. The fourth-order valence-electron chi connectivity index (χ4n) is 4.48. The summed E-state index contributed by atoms with van der Waals surface area (Å²) in [6.07, 6.45) is 8.90. The van der Waals surface area contributed by atoms with Crippen molar-refractivity contribution in [1.29, 1.82) is 0 Å². The summed E-state index contributed by atoms with van der Waals surface area (Å²) < 4.78 is 14.6. The molecule has 0 fully saturated rings. The summed E-state index contributed by atoms with van der Waals surface area (Å²) >= 11 is 0. The molecule has 0 spiro atoms. The number of anilines is 1. The van der Waals surface area contributed by atoms with Crippen molar-refractivity contribution in [3.63, 3.8) is 0 Å². The number of nitrogens with one attached hydrogen (secondary N) is 3. The molecule has 0 aliphatic rings. The molecular weight excluding hydrogens is 467 g/mol. The van der Waals surface area contributed by atoms with Crippen LogP contribution in [0, 0.1) is 5.82 Å². The largest absolute Gasteiger partial charge is 0.384 e. The number of fused-ring (bicyclic) bond motifs is 2. The molecule has 0 saturated carbocycles. The molecule has 1 aromatic carbocycles. The standard InChI is InChI=1S/C28H25FN8/c1-37(2)7-6-32-21-9-18(8-20(29)11-21)24-15-31-16-26-22(24)12-25(34-26)27-23-10-19(14-33-28(23)36-35-27)17-4-3-5-30-13-17/h3-5,8-16,32,34H,6-7H2,1-2H3,(H,33,35,36). The number of H-pyrrole nitrogens is 2. The van der Waals surface area contributed by atoms with Gasteiger partial charge in [0, 0.05) is 71.0 Å².